The van der Waals surface area contributed by atoms with Crippen molar-refractivity contribution in [2.45, 2.75) is 57.9 Å². The van der Waals surface area contributed by atoms with Crippen LogP contribution in [0.25, 0.3) is 0 Å². The third-order valence-electron chi connectivity index (χ3n) is 3.63. The van der Waals surface area contributed by atoms with E-state index >= 15 is 0 Å². The number of hydrazine groups is 1. The summed E-state index contributed by atoms with van der Waals surface area (Å²) in [6.45, 7) is 2.21. The third kappa shape index (κ3) is 5.10. The summed E-state index contributed by atoms with van der Waals surface area (Å²) < 4.78 is 19.2. The van der Waals surface area contributed by atoms with Crippen molar-refractivity contribution in [3.63, 3.8) is 0 Å². The van der Waals surface area contributed by atoms with Gasteiger partial charge in [-0.05, 0) is 18.6 Å². The Morgan fingerprint density at radius 1 is 1.20 bits per heavy atom. The van der Waals surface area contributed by atoms with Crippen molar-refractivity contribution in [1.29, 1.82) is 0 Å². The zero-order valence-electron chi connectivity index (χ0n) is 12.6. The lowest BCUT2D eigenvalue weighted by Gasteiger charge is -2.19. The van der Waals surface area contributed by atoms with Crippen LogP contribution >= 0.6 is 0 Å². The van der Waals surface area contributed by atoms with E-state index in [1.165, 1.54) is 31.7 Å². The first-order chi connectivity index (χ1) is 9.74. The van der Waals surface area contributed by atoms with Crippen LogP contribution in [0.2, 0.25) is 0 Å². The van der Waals surface area contributed by atoms with E-state index in [0.717, 1.165) is 19.3 Å². The summed E-state index contributed by atoms with van der Waals surface area (Å²) >= 11 is 0. The molecule has 0 spiro atoms. The molecule has 3 N–H and O–H groups in total. The molecule has 0 aromatic heterocycles. The summed E-state index contributed by atoms with van der Waals surface area (Å²) in [7, 11) is 1.55. The molecule has 1 atom stereocenters. The molecule has 0 heterocycles. The van der Waals surface area contributed by atoms with Crippen LogP contribution in [-0.2, 0) is 0 Å². The topological polar surface area (TPSA) is 47.3 Å². The van der Waals surface area contributed by atoms with Crippen LogP contribution in [-0.4, -0.2) is 7.11 Å². The molecule has 114 valence electrons. The van der Waals surface area contributed by atoms with Crippen LogP contribution in [0.4, 0.5) is 4.39 Å². The molecule has 1 aromatic rings. The van der Waals surface area contributed by atoms with Crippen LogP contribution in [0, 0.1) is 5.82 Å². The first-order valence-electron chi connectivity index (χ1n) is 7.53. The van der Waals surface area contributed by atoms with Crippen molar-refractivity contribution in [2.24, 2.45) is 5.84 Å². The second kappa shape index (κ2) is 9.72. The molecule has 1 rings (SSSR count). The summed E-state index contributed by atoms with van der Waals surface area (Å²) in [5.41, 5.74) is 3.25. The monoisotopic (exact) mass is 282 g/mol. The molecular weight excluding hydrogens is 255 g/mol. The molecule has 4 heteroatoms. The fourth-order valence-electron chi connectivity index (χ4n) is 2.47. The fraction of sp³-hybridized carbons (Fsp3) is 0.625. The molecule has 0 radical (unpaired) electrons. The Morgan fingerprint density at radius 3 is 2.55 bits per heavy atom. The average Bonchev–Trinajstić information content (AvgIpc) is 2.47. The average molecular weight is 282 g/mol. The van der Waals surface area contributed by atoms with Gasteiger partial charge >= 0.3 is 0 Å². The predicted molar refractivity (Wildman–Crippen MR) is 81.0 cm³/mol. The normalized spacial score (nSPS) is 12.4. The minimum absolute atomic E-state index is 0.197. The minimum Gasteiger partial charge on any atom is -0.496 e. The van der Waals surface area contributed by atoms with Gasteiger partial charge in [-0.3, -0.25) is 11.3 Å². The summed E-state index contributed by atoms with van der Waals surface area (Å²) in [5.74, 6) is 5.88. The highest BCUT2D eigenvalue weighted by Gasteiger charge is 2.18. The predicted octanol–water partition coefficient (Wildman–Crippen LogP) is 4.09. The van der Waals surface area contributed by atoms with Gasteiger partial charge < -0.3 is 4.74 Å². The maximum Gasteiger partial charge on any atom is 0.131 e. The molecule has 0 aliphatic carbocycles. The molecule has 20 heavy (non-hydrogen) atoms. The van der Waals surface area contributed by atoms with Gasteiger partial charge in [0.1, 0.15) is 11.6 Å². The summed E-state index contributed by atoms with van der Waals surface area (Å²) in [6, 6.07) is 4.67. The Kier molecular flexibility index (Phi) is 8.23. The van der Waals surface area contributed by atoms with Gasteiger partial charge in [-0.1, -0.05) is 51.5 Å². The highest BCUT2D eigenvalue weighted by molar-refractivity contribution is 5.37. The number of nitrogens with two attached hydrogens (primary N) is 1. The number of hydrogen-bond donors (Lipinski definition) is 2. The van der Waals surface area contributed by atoms with E-state index in [2.05, 4.69) is 12.3 Å². The van der Waals surface area contributed by atoms with Gasteiger partial charge in [0.25, 0.3) is 0 Å². The quantitative estimate of drug-likeness (QED) is 0.386. The molecule has 0 aliphatic heterocycles. The SMILES string of the molecule is CCCCCCCCC(NN)c1c(F)cccc1OC. The van der Waals surface area contributed by atoms with Crippen molar-refractivity contribution < 1.29 is 9.13 Å². The first-order valence-corrected chi connectivity index (χ1v) is 7.53. The second-order valence-corrected chi connectivity index (χ2v) is 5.13. The highest BCUT2D eigenvalue weighted by atomic mass is 19.1. The minimum atomic E-state index is -0.265. The fourth-order valence-corrected chi connectivity index (χ4v) is 2.47. The van der Waals surface area contributed by atoms with Crippen molar-refractivity contribution in [3.8, 4) is 5.75 Å². The Balaban J connectivity index is 2.54. The summed E-state index contributed by atoms with van der Waals surface area (Å²) in [4.78, 5) is 0. The van der Waals surface area contributed by atoms with Crippen LogP contribution in [0.15, 0.2) is 18.2 Å². The van der Waals surface area contributed by atoms with Gasteiger partial charge in [0.2, 0.25) is 0 Å². The number of hydrogen-bond acceptors (Lipinski definition) is 3. The first kappa shape index (κ1) is 16.9. The maximum absolute atomic E-state index is 14.0. The Bertz CT molecular complexity index is 385. The van der Waals surface area contributed by atoms with Gasteiger partial charge in [0.05, 0.1) is 13.2 Å². The second-order valence-electron chi connectivity index (χ2n) is 5.13. The lowest BCUT2D eigenvalue weighted by Crippen LogP contribution is -2.29. The molecule has 0 saturated carbocycles. The highest BCUT2D eigenvalue weighted by Crippen LogP contribution is 2.30. The summed E-state index contributed by atoms with van der Waals surface area (Å²) in [6.07, 6.45) is 8.07. The Morgan fingerprint density at radius 2 is 1.90 bits per heavy atom. The van der Waals surface area contributed by atoms with Crippen LogP contribution in [0.5, 0.6) is 5.75 Å². The molecule has 0 fully saturated rings. The standard InChI is InChI=1S/C16H27FN2O/c1-3-4-5-6-7-8-11-14(19-18)16-13(17)10-9-12-15(16)20-2/h9-10,12,14,19H,3-8,11,18H2,1-2H3. The van der Waals surface area contributed by atoms with Gasteiger partial charge in [0, 0.05) is 5.56 Å². The molecule has 0 bridgehead atoms. The Hall–Kier alpha value is -1.13. The molecule has 1 aromatic carbocycles. The van der Waals surface area contributed by atoms with Gasteiger partial charge in [-0.15, -0.1) is 0 Å². The van der Waals surface area contributed by atoms with E-state index in [-0.39, 0.29) is 11.9 Å². The molecule has 0 aliphatic rings. The third-order valence-corrected chi connectivity index (χ3v) is 3.63. The molecule has 3 nitrogen and oxygen atoms in total. The number of ether oxygens (including phenoxy) is 1. The number of methoxy groups -OCH3 is 1. The van der Waals surface area contributed by atoms with Crippen molar-refractivity contribution >= 4 is 0 Å². The zero-order valence-corrected chi connectivity index (χ0v) is 12.6. The van der Waals surface area contributed by atoms with E-state index in [9.17, 15) is 4.39 Å². The molecule has 0 amide bonds. The van der Waals surface area contributed by atoms with Gasteiger partial charge in [-0.25, -0.2) is 4.39 Å². The van der Waals surface area contributed by atoms with E-state index in [4.69, 9.17) is 10.6 Å². The van der Waals surface area contributed by atoms with Crippen molar-refractivity contribution in [3.05, 3.63) is 29.6 Å². The molecule has 0 saturated heterocycles. The largest absolute Gasteiger partial charge is 0.496 e. The lowest BCUT2D eigenvalue weighted by atomic mass is 9.98. The van der Waals surface area contributed by atoms with Crippen molar-refractivity contribution in [1.82, 2.24) is 5.43 Å². The van der Waals surface area contributed by atoms with E-state index in [1.54, 1.807) is 19.2 Å². The number of rotatable bonds is 10. The van der Waals surface area contributed by atoms with Crippen LogP contribution < -0.4 is 16.0 Å². The van der Waals surface area contributed by atoms with Gasteiger partial charge in [-0.2, -0.15) is 0 Å². The molecule has 1 unspecified atom stereocenters. The Labute approximate surface area is 121 Å². The summed E-state index contributed by atoms with van der Waals surface area (Å²) in [5, 5.41) is 0. The van der Waals surface area contributed by atoms with E-state index in [1.807, 2.05) is 0 Å². The van der Waals surface area contributed by atoms with E-state index in [0.29, 0.717) is 11.3 Å². The number of halogens is 1. The van der Waals surface area contributed by atoms with Crippen molar-refractivity contribution in [2.75, 3.05) is 7.11 Å². The maximum atomic E-state index is 14.0. The van der Waals surface area contributed by atoms with Gasteiger partial charge in [0.15, 0.2) is 0 Å². The van der Waals surface area contributed by atoms with Crippen LogP contribution in [0.1, 0.15) is 63.5 Å². The lowest BCUT2D eigenvalue weighted by molar-refractivity contribution is 0.382. The van der Waals surface area contributed by atoms with Crippen LogP contribution in [0.3, 0.4) is 0 Å². The zero-order chi connectivity index (χ0) is 14.8. The number of unbranched alkanes of at least 4 members (excludes halogenated alkanes) is 5. The number of benzene rings is 1. The number of nitrogens with one attached hydrogen (secondary N) is 1. The molecular formula is C16H27FN2O. The smallest absolute Gasteiger partial charge is 0.131 e. The van der Waals surface area contributed by atoms with E-state index < -0.39 is 0 Å².